The summed E-state index contributed by atoms with van der Waals surface area (Å²) in [6.07, 6.45) is 1.84. The highest BCUT2D eigenvalue weighted by Gasteiger charge is 2.29. The smallest absolute Gasteiger partial charge is 0.336 e. The van der Waals surface area contributed by atoms with Gasteiger partial charge in [-0.2, -0.15) is 4.72 Å². The van der Waals surface area contributed by atoms with Gasteiger partial charge in [0.1, 0.15) is 17.4 Å². The minimum Gasteiger partial charge on any atom is -0.425 e. The number of carbonyl (C=O) groups excluding carboxylic acids is 1. The van der Waals surface area contributed by atoms with Crippen LogP contribution in [-0.4, -0.2) is 20.4 Å². The van der Waals surface area contributed by atoms with E-state index in [1.54, 1.807) is 31.2 Å². The molecule has 2 aromatic carbocycles. The highest BCUT2D eigenvalue weighted by molar-refractivity contribution is 7.89. The molecule has 182 valence electrons. The maximum atomic E-state index is 13.1. The molecule has 0 fully saturated rings. The number of carbonyl (C=O) groups is 1. The van der Waals surface area contributed by atoms with Crippen LogP contribution in [0.25, 0.3) is 11.0 Å². The molecule has 0 saturated carbocycles. The van der Waals surface area contributed by atoms with Gasteiger partial charge in [0, 0.05) is 17.0 Å². The Labute approximate surface area is 200 Å². The molecule has 1 N–H and O–H groups in total. The van der Waals surface area contributed by atoms with E-state index < -0.39 is 27.7 Å². The van der Waals surface area contributed by atoms with Gasteiger partial charge in [0.2, 0.25) is 10.0 Å². The number of ether oxygens (including phenoxy) is 1. The van der Waals surface area contributed by atoms with Crippen molar-refractivity contribution in [1.29, 1.82) is 0 Å². The van der Waals surface area contributed by atoms with Crippen molar-refractivity contribution in [2.24, 2.45) is 5.92 Å². The summed E-state index contributed by atoms with van der Waals surface area (Å²) in [5, 5.41) is 0.789. The van der Waals surface area contributed by atoms with Gasteiger partial charge in [-0.3, -0.25) is 0 Å². The lowest BCUT2D eigenvalue weighted by atomic mass is 10.0. The number of hydrogen-bond acceptors (Lipinski definition) is 6. The van der Waals surface area contributed by atoms with E-state index in [0.29, 0.717) is 11.1 Å². The molecule has 0 bridgehead atoms. The molecule has 1 aromatic heterocycles. The molecule has 0 unspecified atom stereocenters. The maximum absolute atomic E-state index is 13.1. The first-order valence-corrected chi connectivity index (χ1v) is 12.9. The van der Waals surface area contributed by atoms with Crippen LogP contribution in [0.15, 0.2) is 56.6 Å². The van der Waals surface area contributed by atoms with E-state index in [1.165, 1.54) is 18.2 Å². The van der Waals surface area contributed by atoms with Crippen LogP contribution in [0.2, 0.25) is 0 Å². The molecule has 0 radical (unpaired) electrons. The van der Waals surface area contributed by atoms with Crippen LogP contribution in [0.5, 0.6) is 5.75 Å². The third-order valence-electron chi connectivity index (χ3n) is 5.55. The first-order chi connectivity index (χ1) is 16.0. The van der Waals surface area contributed by atoms with Crippen molar-refractivity contribution in [2.45, 2.75) is 64.8 Å². The van der Waals surface area contributed by atoms with Gasteiger partial charge < -0.3 is 9.15 Å². The quantitative estimate of drug-likeness (QED) is 0.269. The summed E-state index contributed by atoms with van der Waals surface area (Å²) in [6, 6.07) is 10.2. The summed E-state index contributed by atoms with van der Waals surface area (Å²) in [5.74, 6) is -0.470. The molecule has 3 rings (SSSR count). The van der Waals surface area contributed by atoms with Crippen molar-refractivity contribution >= 4 is 27.0 Å². The second-order valence-corrected chi connectivity index (χ2v) is 10.7. The van der Waals surface area contributed by atoms with Crippen molar-refractivity contribution in [2.75, 3.05) is 0 Å². The number of benzene rings is 2. The fourth-order valence-electron chi connectivity index (χ4n) is 3.81. The van der Waals surface area contributed by atoms with Gasteiger partial charge in [-0.25, -0.2) is 18.0 Å². The average molecular weight is 486 g/mol. The van der Waals surface area contributed by atoms with E-state index >= 15 is 0 Å². The lowest BCUT2D eigenvalue weighted by Crippen LogP contribution is -2.43. The molecular weight excluding hydrogens is 454 g/mol. The van der Waals surface area contributed by atoms with Gasteiger partial charge in [0.25, 0.3) is 0 Å². The van der Waals surface area contributed by atoms with Crippen LogP contribution in [-0.2, 0) is 21.2 Å². The Morgan fingerprint density at radius 3 is 2.38 bits per heavy atom. The third-order valence-corrected chi connectivity index (χ3v) is 7.03. The van der Waals surface area contributed by atoms with E-state index in [1.807, 2.05) is 27.7 Å². The molecule has 0 aliphatic carbocycles. The Kier molecular flexibility index (Phi) is 7.94. The van der Waals surface area contributed by atoms with Crippen molar-refractivity contribution < 1.29 is 22.4 Å². The molecule has 8 heteroatoms. The molecule has 0 amide bonds. The molecular formula is C26H31NO6S. The SMILES string of the molecule is CCCc1cc(=O)oc2c(C)c(OC(=O)[C@@H](CC(C)C)NS(=O)(=O)c3ccc(C)cc3)ccc12. The Hall–Kier alpha value is -2.97. The molecule has 0 aliphatic heterocycles. The second kappa shape index (κ2) is 10.5. The molecule has 34 heavy (non-hydrogen) atoms. The normalized spacial score (nSPS) is 12.8. The largest absolute Gasteiger partial charge is 0.425 e. The van der Waals surface area contributed by atoms with E-state index in [4.69, 9.17) is 9.15 Å². The maximum Gasteiger partial charge on any atom is 0.336 e. The molecule has 1 heterocycles. The number of fused-ring (bicyclic) bond motifs is 1. The molecule has 3 aromatic rings. The standard InChI is InChI=1S/C26H31NO6S/c1-6-7-19-15-24(28)33-25-18(5)23(13-12-21(19)25)32-26(29)22(14-16(2)3)27-34(30,31)20-10-8-17(4)9-11-20/h8-13,15-16,22,27H,6-7,14H2,1-5H3/t22-/m1/s1. The van der Waals surface area contributed by atoms with Crippen LogP contribution in [0, 0.1) is 19.8 Å². The number of sulfonamides is 1. The van der Waals surface area contributed by atoms with Gasteiger partial charge in [-0.15, -0.1) is 0 Å². The number of nitrogens with one attached hydrogen (secondary N) is 1. The van der Waals surface area contributed by atoms with Crippen LogP contribution < -0.4 is 15.1 Å². The van der Waals surface area contributed by atoms with Gasteiger partial charge >= 0.3 is 11.6 Å². The van der Waals surface area contributed by atoms with E-state index in [0.717, 1.165) is 29.4 Å². The molecule has 1 atom stereocenters. The minimum atomic E-state index is -3.93. The van der Waals surface area contributed by atoms with E-state index in [9.17, 15) is 18.0 Å². The summed E-state index contributed by atoms with van der Waals surface area (Å²) < 4.78 is 39.3. The highest BCUT2D eigenvalue weighted by atomic mass is 32.2. The summed E-state index contributed by atoms with van der Waals surface area (Å²) in [4.78, 5) is 25.2. The molecule has 0 saturated heterocycles. The number of aryl methyl sites for hydroxylation is 3. The first-order valence-electron chi connectivity index (χ1n) is 11.4. The molecule has 7 nitrogen and oxygen atoms in total. The van der Waals surface area contributed by atoms with Crippen molar-refractivity contribution in [3.63, 3.8) is 0 Å². The van der Waals surface area contributed by atoms with E-state index in [-0.39, 0.29) is 23.0 Å². The fraction of sp³-hybridized carbons (Fsp3) is 0.385. The van der Waals surface area contributed by atoms with Crippen LogP contribution in [0.3, 0.4) is 0 Å². The summed E-state index contributed by atoms with van der Waals surface area (Å²) in [5.41, 5.74) is 2.20. The van der Waals surface area contributed by atoms with Crippen LogP contribution in [0.4, 0.5) is 0 Å². The highest BCUT2D eigenvalue weighted by Crippen LogP contribution is 2.29. The predicted molar refractivity (Wildman–Crippen MR) is 132 cm³/mol. The van der Waals surface area contributed by atoms with Crippen molar-refractivity contribution in [1.82, 2.24) is 4.72 Å². The third kappa shape index (κ3) is 5.93. The number of rotatable bonds is 9. The van der Waals surface area contributed by atoms with Gasteiger partial charge in [0.05, 0.1) is 4.90 Å². The zero-order valence-corrected chi connectivity index (χ0v) is 21.0. The van der Waals surface area contributed by atoms with Crippen molar-refractivity contribution in [3.05, 3.63) is 69.6 Å². The number of esters is 1. The van der Waals surface area contributed by atoms with Crippen molar-refractivity contribution in [3.8, 4) is 5.75 Å². The van der Waals surface area contributed by atoms with E-state index in [2.05, 4.69) is 4.72 Å². The lowest BCUT2D eigenvalue weighted by Gasteiger charge is -2.20. The van der Waals surface area contributed by atoms with Gasteiger partial charge in [-0.1, -0.05) is 44.9 Å². The summed E-state index contributed by atoms with van der Waals surface area (Å²) in [6.45, 7) is 9.38. The average Bonchev–Trinajstić information content (AvgIpc) is 2.75. The zero-order chi connectivity index (χ0) is 25.0. The lowest BCUT2D eigenvalue weighted by molar-refractivity contribution is -0.136. The minimum absolute atomic E-state index is 0.0330. The Morgan fingerprint density at radius 1 is 1.09 bits per heavy atom. The Morgan fingerprint density at radius 2 is 1.76 bits per heavy atom. The van der Waals surface area contributed by atoms with Crippen LogP contribution >= 0.6 is 0 Å². The predicted octanol–water partition coefficient (Wildman–Crippen LogP) is 4.66. The summed E-state index contributed by atoms with van der Waals surface area (Å²) in [7, 11) is -3.93. The first kappa shape index (κ1) is 25.6. The number of hydrogen-bond donors (Lipinski definition) is 1. The van der Waals surface area contributed by atoms with Gasteiger partial charge in [-0.05, 0) is 62.4 Å². The second-order valence-electron chi connectivity index (χ2n) is 8.94. The van der Waals surface area contributed by atoms with Gasteiger partial charge in [0.15, 0.2) is 0 Å². The molecule has 0 aliphatic rings. The monoisotopic (exact) mass is 485 g/mol. The zero-order valence-electron chi connectivity index (χ0n) is 20.2. The molecule has 0 spiro atoms. The van der Waals surface area contributed by atoms with Crippen LogP contribution in [0.1, 0.15) is 50.3 Å². The Bertz CT molecular complexity index is 1340. The topological polar surface area (TPSA) is 103 Å². The Balaban J connectivity index is 1.91. The fourth-order valence-corrected chi connectivity index (χ4v) is 5.01. The summed E-state index contributed by atoms with van der Waals surface area (Å²) >= 11 is 0.